The summed E-state index contributed by atoms with van der Waals surface area (Å²) in [6.45, 7) is 0. The Hall–Kier alpha value is -1.20. The second-order valence-corrected chi connectivity index (χ2v) is 5.01. The Kier molecular flexibility index (Phi) is 3.91. The van der Waals surface area contributed by atoms with Crippen LogP contribution in [0, 0.1) is 0 Å². The number of hydrogen-bond acceptors (Lipinski definition) is 3. The SMILES string of the molecule is O=Cc1ccc(Oc2cncc(Br)c2)cc1Br. The van der Waals surface area contributed by atoms with E-state index in [1.165, 1.54) is 0 Å². The first-order valence-electron chi connectivity index (χ1n) is 4.72. The number of benzene rings is 1. The molecule has 0 unspecified atom stereocenters. The van der Waals surface area contributed by atoms with Crippen molar-refractivity contribution in [1.82, 2.24) is 4.98 Å². The second-order valence-electron chi connectivity index (χ2n) is 3.24. The highest BCUT2D eigenvalue weighted by Gasteiger charge is 2.03. The highest BCUT2D eigenvalue weighted by atomic mass is 79.9. The van der Waals surface area contributed by atoms with Crippen molar-refractivity contribution in [2.24, 2.45) is 0 Å². The van der Waals surface area contributed by atoms with E-state index in [-0.39, 0.29) is 0 Å². The molecule has 0 saturated heterocycles. The van der Waals surface area contributed by atoms with Gasteiger partial charge >= 0.3 is 0 Å². The molecule has 0 radical (unpaired) electrons. The molecule has 0 amide bonds. The van der Waals surface area contributed by atoms with Gasteiger partial charge in [0.2, 0.25) is 0 Å². The molecule has 86 valence electrons. The Morgan fingerprint density at radius 3 is 2.59 bits per heavy atom. The maximum absolute atomic E-state index is 10.7. The Morgan fingerprint density at radius 1 is 1.12 bits per heavy atom. The van der Waals surface area contributed by atoms with Crippen LogP contribution in [0.25, 0.3) is 0 Å². The first kappa shape index (κ1) is 12.3. The zero-order chi connectivity index (χ0) is 12.3. The van der Waals surface area contributed by atoms with Crippen molar-refractivity contribution in [3.63, 3.8) is 0 Å². The second kappa shape index (κ2) is 5.42. The van der Waals surface area contributed by atoms with E-state index in [4.69, 9.17) is 4.74 Å². The third-order valence-electron chi connectivity index (χ3n) is 2.01. The van der Waals surface area contributed by atoms with Crippen molar-refractivity contribution in [3.05, 3.63) is 51.2 Å². The van der Waals surface area contributed by atoms with Crippen LogP contribution in [0.1, 0.15) is 10.4 Å². The molecule has 0 atom stereocenters. The minimum absolute atomic E-state index is 0.588. The number of pyridine rings is 1. The van der Waals surface area contributed by atoms with Crippen molar-refractivity contribution in [2.75, 3.05) is 0 Å². The Labute approximate surface area is 115 Å². The molecular weight excluding hydrogens is 350 g/mol. The summed E-state index contributed by atoms with van der Waals surface area (Å²) in [6, 6.07) is 6.98. The molecule has 3 nitrogen and oxygen atoms in total. The van der Waals surface area contributed by atoms with Crippen molar-refractivity contribution in [2.45, 2.75) is 0 Å². The third-order valence-corrected chi connectivity index (χ3v) is 3.13. The van der Waals surface area contributed by atoms with Crippen LogP contribution in [-0.2, 0) is 0 Å². The summed E-state index contributed by atoms with van der Waals surface area (Å²) in [5, 5.41) is 0. The highest BCUT2D eigenvalue weighted by Crippen LogP contribution is 2.27. The Morgan fingerprint density at radius 2 is 1.94 bits per heavy atom. The average Bonchev–Trinajstić information content (AvgIpc) is 2.29. The largest absolute Gasteiger partial charge is 0.456 e. The highest BCUT2D eigenvalue weighted by molar-refractivity contribution is 9.10. The van der Waals surface area contributed by atoms with Crippen LogP contribution >= 0.6 is 31.9 Å². The summed E-state index contributed by atoms with van der Waals surface area (Å²) in [6.07, 6.45) is 4.08. The summed E-state index contributed by atoms with van der Waals surface area (Å²) < 4.78 is 7.15. The van der Waals surface area contributed by atoms with Gasteiger partial charge in [0.05, 0.1) is 6.20 Å². The molecule has 0 aliphatic heterocycles. The number of aldehydes is 1. The maximum atomic E-state index is 10.7. The lowest BCUT2D eigenvalue weighted by molar-refractivity contribution is 0.112. The first-order chi connectivity index (χ1) is 8.19. The van der Waals surface area contributed by atoms with E-state index in [1.54, 1.807) is 30.6 Å². The van der Waals surface area contributed by atoms with Gasteiger partial charge in [-0.05, 0) is 56.1 Å². The number of aromatic nitrogens is 1. The number of nitrogens with zero attached hydrogens (tertiary/aromatic N) is 1. The summed E-state index contributed by atoms with van der Waals surface area (Å²) in [4.78, 5) is 14.7. The van der Waals surface area contributed by atoms with Gasteiger partial charge in [-0.25, -0.2) is 0 Å². The normalized spacial score (nSPS) is 10.0. The van der Waals surface area contributed by atoms with Crippen LogP contribution in [0.15, 0.2) is 45.6 Å². The van der Waals surface area contributed by atoms with Gasteiger partial charge in [-0.15, -0.1) is 0 Å². The monoisotopic (exact) mass is 355 g/mol. The molecule has 0 saturated carbocycles. The van der Waals surface area contributed by atoms with E-state index < -0.39 is 0 Å². The Balaban J connectivity index is 2.24. The smallest absolute Gasteiger partial charge is 0.151 e. The van der Waals surface area contributed by atoms with Gasteiger partial charge in [0.25, 0.3) is 0 Å². The molecule has 0 fully saturated rings. The number of carbonyl (C=O) groups is 1. The van der Waals surface area contributed by atoms with Crippen LogP contribution in [0.5, 0.6) is 11.5 Å². The van der Waals surface area contributed by atoms with Gasteiger partial charge in [-0.2, -0.15) is 0 Å². The van der Waals surface area contributed by atoms with E-state index in [0.29, 0.717) is 21.5 Å². The molecule has 2 rings (SSSR count). The van der Waals surface area contributed by atoms with Gasteiger partial charge in [0.15, 0.2) is 6.29 Å². The van der Waals surface area contributed by atoms with Crippen molar-refractivity contribution < 1.29 is 9.53 Å². The van der Waals surface area contributed by atoms with Gasteiger partial charge in [-0.1, -0.05) is 0 Å². The lowest BCUT2D eigenvalue weighted by Crippen LogP contribution is -1.88. The molecule has 1 heterocycles. The third kappa shape index (κ3) is 3.14. The molecule has 0 aliphatic rings. The maximum Gasteiger partial charge on any atom is 0.151 e. The van der Waals surface area contributed by atoms with Crippen LogP contribution in [0.2, 0.25) is 0 Å². The minimum atomic E-state index is 0.588. The molecule has 0 N–H and O–H groups in total. The van der Waals surface area contributed by atoms with Gasteiger partial charge < -0.3 is 4.74 Å². The topological polar surface area (TPSA) is 39.2 Å². The minimum Gasteiger partial charge on any atom is -0.456 e. The van der Waals surface area contributed by atoms with Crippen LogP contribution in [0.3, 0.4) is 0 Å². The van der Waals surface area contributed by atoms with Crippen LogP contribution < -0.4 is 4.74 Å². The predicted octanol–water partition coefficient (Wildman–Crippen LogP) is 4.21. The van der Waals surface area contributed by atoms with Gasteiger partial charge in [-0.3, -0.25) is 9.78 Å². The quantitative estimate of drug-likeness (QED) is 0.773. The molecule has 0 spiro atoms. The van der Waals surface area contributed by atoms with E-state index in [0.717, 1.165) is 10.8 Å². The van der Waals surface area contributed by atoms with E-state index in [1.807, 2.05) is 6.07 Å². The summed E-state index contributed by atoms with van der Waals surface area (Å²) in [5.41, 5.74) is 0.588. The number of rotatable bonds is 3. The fourth-order valence-corrected chi connectivity index (χ4v) is 2.05. The molecule has 1 aromatic heterocycles. The number of hydrogen-bond donors (Lipinski definition) is 0. The molecule has 17 heavy (non-hydrogen) atoms. The summed E-state index contributed by atoms with van der Waals surface area (Å²) >= 11 is 6.61. The first-order valence-corrected chi connectivity index (χ1v) is 6.31. The van der Waals surface area contributed by atoms with Crippen LogP contribution in [-0.4, -0.2) is 11.3 Å². The van der Waals surface area contributed by atoms with Crippen LogP contribution in [0.4, 0.5) is 0 Å². The predicted molar refractivity (Wildman–Crippen MR) is 71.5 cm³/mol. The van der Waals surface area contributed by atoms with E-state index >= 15 is 0 Å². The van der Waals surface area contributed by atoms with Gasteiger partial charge in [0, 0.05) is 20.7 Å². The average molecular weight is 357 g/mol. The lowest BCUT2D eigenvalue weighted by atomic mass is 10.2. The lowest BCUT2D eigenvalue weighted by Gasteiger charge is -2.06. The fraction of sp³-hybridized carbons (Fsp3) is 0. The molecule has 2 aromatic rings. The molecule has 5 heteroatoms. The van der Waals surface area contributed by atoms with E-state index in [9.17, 15) is 4.79 Å². The zero-order valence-corrected chi connectivity index (χ0v) is 11.7. The van der Waals surface area contributed by atoms with Crippen molar-refractivity contribution in [1.29, 1.82) is 0 Å². The standard InChI is InChI=1S/C12H7Br2NO2/c13-9-3-11(6-15-5-9)17-10-2-1-8(7-16)12(14)4-10/h1-7H. The molecule has 0 bridgehead atoms. The van der Waals surface area contributed by atoms with Crippen molar-refractivity contribution in [3.8, 4) is 11.5 Å². The number of halogens is 2. The van der Waals surface area contributed by atoms with Crippen molar-refractivity contribution >= 4 is 38.1 Å². The molecule has 1 aromatic carbocycles. The van der Waals surface area contributed by atoms with Gasteiger partial charge in [0.1, 0.15) is 11.5 Å². The molecular formula is C12H7Br2NO2. The number of ether oxygens (including phenoxy) is 1. The fourth-order valence-electron chi connectivity index (χ4n) is 1.25. The summed E-state index contributed by atoms with van der Waals surface area (Å²) in [5.74, 6) is 1.27. The molecule has 0 aliphatic carbocycles. The summed E-state index contributed by atoms with van der Waals surface area (Å²) in [7, 11) is 0. The van der Waals surface area contributed by atoms with E-state index in [2.05, 4.69) is 36.8 Å². The number of carbonyl (C=O) groups excluding carboxylic acids is 1. The Bertz CT molecular complexity index is 558. The zero-order valence-electron chi connectivity index (χ0n) is 8.56.